The summed E-state index contributed by atoms with van der Waals surface area (Å²) in [7, 11) is 6.10. The van der Waals surface area contributed by atoms with E-state index in [4.69, 9.17) is 4.99 Å². The molecular formula is C18H27N5S. The van der Waals surface area contributed by atoms with Crippen LogP contribution in [-0.4, -0.2) is 50.1 Å². The Kier molecular flexibility index (Phi) is 7.06. The van der Waals surface area contributed by atoms with Crippen LogP contribution in [0.2, 0.25) is 0 Å². The van der Waals surface area contributed by atoms with Crippen molar-refractivity contribution < 1.29 is 0 Å². The third-order valence-corrected chi connectivity index (χ3v) is 4.60. The highest BCUT2D eigenvalue weighted by Gasteiger charge is 2.08. The summed E-state index contributed by atoms with van der Waals surface area (Å²) in [6.07, 6.45) is 2.86. The summed E-state index contributed by atoms with van der Waals surface area (Å²) in [4.78, 5) is 14.9. The fourth-order valence-electron chi connectivity index (χ4n) is 2.42. The Morgan fingerprint density at radius 2 is 2.08 bits per heavy atom. The lowest BCUT2D eigenvalue weighted by molar-refractivity contribution is 0.486. The predicted octanol–water partition coefficient (Wildman–Crippen LogP) is 2.85. The zero-order valence-corrected chi connectivity index (χ0v) is 15.8. The maximum Gasteiger partial charge on any atom is 0.193 e. The molecule has 130 valence electrons. The summed E-state index contributed by atoms with van der Waals surface area (Å²) in [6, 6.07) is 8.33. The van der Waals surface area contributed by atoms with Crippen LogP contribution in [0.4, 0.5) is 5.82 Å². The van der Waals surface area contributed by atoms with Crippen molar-refractivity contribution >= 4 is 23.1 Å². The molecule has 0 radical (unpaired) electrons. The van der Waals surface area contributed by atoms with Gasteiger partial charge in [-0.25, -0.2) is 9.98 Å². The second kappa shape index (κ2) is 9.27. The third-order valence-electron chi connectivity index (χ3n) is 3.66. The van der Waals surface area contributed by atoms with Gasteiger partial charge in [0.1, 0.15) is 5.82 Å². The minimum atomic E-state index is 0.618. The summed E-state index contributed by atoms with van der Waals surface area (Å²) in [5.41, 5.74) is 1.13. The summed E-state index contributed by atoms with van der Waals surface area (Å²) in [6.45, 7) is 4.51. The molecule has 0 aliphatic heterocycles. The smallest absolute Gasteiger partial charge is 0.193 e. The van der Waals surface area contributed by atoms with Crippen molar-refractivity contribution in [2.24, 2.45) is 4.99 Å². The summed E-state index contributed by atoms with van der Waals surface area (Å²) >= 11 is 1.80. The van der Waals surface area contributed by atoms with Gasteiger partial charge in [-0.2, -0.15) is 0 Å². The topological polar surface area (TPSA) is 43.8 Å². The Bertz CT molecular complexity index is 637. The van der Waals surface area contributed by atoms with Gasteiger partial charge in [0.15, 0.2) is 5.96 Å². The van der Waals surface area contributed by atoms with E-state index >= 15 is 0 Å². The number of hydrogen-bond donors (Lipinski definition) is 1. The molecular weight excluding hydrogens is 318 g/mol. The minimum Gasteiger partial charge on any atom is -0.362 e. The van der Waals surface area contributed by atoms with E-state index in [0.29, 0.717) is 6.54 Å². The monoisotopic (exact) mass is 345 g/mol. The number of anilines is 1. The van der Waals surface area contributed by atoms with Gasteiger partial charge in [0, 0.05) is 50.9 Å². The summed E-state index contributed by atoms with van der Waals surface area (Å²) in [5, 5.41) is 5.50. The second-order valence-electron chi connectivity index (χ2n) is 5.80. The lowest BCUT2D eigenvalue weighted by Gasteiger charge is -2.22. The number of nitrogens with zero attached hydrogens (tertiary/aromatic N) is 4. The average Bonchev–Trinajstić information content (AvgIpc) is 3.10. The molecule has 2 aromatic rings. The number of likely N-dealkylation sites (N-methyl/N-ethyl adjacent to an activating group) is 1. The molecule has 0 aliphatic carbocycles. The van der Waals surface area contributed by atoms with Crippen LogP contribution in [-0.2, 0) is 13.0 Å². The van der Waals surface area contributed by atoms with Crippen LogP contribution < -0.4 is 10.2 Å². The van der Waals surface area contributed by atoms with Gasteiger partial charge in [-0.1, -0.05) is 12.1 Å². The van der Waals surface area contributed by atoms with Crippen molar-refractivity contribution in [3.63, 3.8) is 0 Å². The van der Waals surface area contributed by atoms with Crippen molar-refractivity contribution in [1.82, 2.24) is 15.2 Å². The van der Waals surface area contributed by atoms with Crippen LogP contribution in [0.3, 0.4) is 0 Å². The number of aliphatic imine (C=N–C) groups is 1. The Balaban J connectivity index is 2.04. The fourth-order valence-corrected chi connectivity index (χ4v) is 3.12. The first-order valence-corrected chi connectivity index (χ1v) is 9.12. The molecule has 2 aromatic heterocycles. The first-order chi connectivity index (χ1) is 11.6. The highest BCUT2D eigenvalue weighted by molar-refractivity contribution is 7.09. The van der Waals surface area contributed by atoms with Crippen LogP contribution in [0.5, 0.6) is 0 Å². The van der Waals surface area contributed by atoms with E-state index in [0.717, 1.165) is 36.9 Å². The van der Waals surface area contributed by atoms with E-state index in [2.05, 4.69) is 52.8 Å². The summed E-state index contributed by atoms with van der Waals surface area (Å²) in [5.74, 6) is 1.90. The van der Waals surface area contributed by atoms with Crippen LogP contribution in [0, 0.1) is 0 Å². The SMILES string of the molecule is CCNC(=NCc1cccnc1N(C)C)N(C)CCc1cccs1. The standard InChI is InChI=1S/C18H27N5S/c1-5-19-18(23(4)12-10-16-9-7-13-24-16)21-14-15-8-6-11-20-17(15)22(2)3/h6-9,11,13H,5,10,12,14H2,1-4H3,(H,19,21). The van der Waals surface area contributed by atoms with Gasteiger partial charge < -0.3 is 15.1 Å². The quantitative estimate of drug-likeness (QED) is 0.619. The molecule has 2 rings (SSSR count). The Morgan fingerprint density at radius 1 is 1.25 bits per heavy atom. The first-order valence-electron chi connectivity index (χ1n) is 8.24. The maximum atomic E-state index is 4.79. The molecule has 0 fully saturated rings. The second-order valence-corrected chi connectivity index (χ2v) is 6.83. The Morgan fingerprint density at radius 3 is 2.75 bits per heavy atom. The molecule has 24 heavy (non-hydrogen) atoms. The molecule has 0 aliphatic rings. The van der Waals surface area contributed by atoms with Gasteiger partial charge in [0.25, 0.3) is 0 Å². The number of rotatable bonds is 7. The van der Waals surface area contributed by atoms with Crippen molar-refractivity contribution in [1.29, 1.82) is 0 Å². The molecule has 0 amide bonds. The number of thiophene rings is 1. The van der Waals surface area contributed by atoms with Crippen molar-refractivity contribution in [3.05, 3.63) is 46.3 Å². The van der Waals surface area contributed by atoms with Gasteiger partial charge >= 0.3 is 0 Å². The van der Waals surface area contributed by atoms with E-state index < -0.39 is 0 Å². The van der Waals surface area contributed by atoms with Crippen molar-refractivity contribution in [3.8, 4) is 0 Å². The van der Waals surface area contributed by atoms with Gasteiger partial charge in [0.2, 0.25) is 0 Å². The van der Waals surface area contributed by atoms with Gasteiger partial charge in [-0.15, -0.1) is 11.3 Å². The maximum absolute atomic E-state index is 4.79. The van der Waals surface area contributed by atoms with E-state index in [9.17, 15) is 0 Å². The van der Waals surface area contributed by atoms with Crippen LogP contribution in [0.15, 0.2) is 40.8 Å². The van der Waals surface area contributed by atoms with E-state index in [1.54, 1.807) is 11.3 Å². The third kappa shape index (κ3) is 5.23. The normalized spacial score (nSPS) is 11.4. The zero-order valence-electron chi connectivity index (χ0n) is 15.0. The molecule has 0 saturated carbocycles. The molecule has 0 bridgehead atoms. The van der Waals surface area contributed by atoms with Crippen LogP contribution in [0.1, 0.15) is 17.4 Å². The van der Waals surface area contributed by atoms with Crippen molar-refractivity contribution in [2.75, 3.05) is 39.1 Å². The number of nitrogens with one attached hydrogen (secondary N) is 1. The predicted molar refractivity (Wildman–Crippen MR) is 104 cm³/mol. The lowest BCUT2D eigenvalue weighted by Crippen LogP contribution is -2.39. The summed E-state index contributed by atoms with van der Waals surface area (Å²) < 4.78 is 0. The molecule has 0 unspecified atom stereocenters. The molecule has 0 atom stereocenters. The number of aromatic nitrogens is 1. The number of pyridine rings is 1. The fraction of sp³-hybridized carbons (Fsp3) is 0.444. The molecule has 0 spiro atoms. The van der Waals surface area contributed by atoms with Crippen LogP contribution >= 0.6 is 11.3 Å². The van der Waals surface area contributed by atoms with Gasteiger partial charge in [0.05, 0.1) is 6.54 Å². The Labute approximate surface area is 149 Å². The highest BCUT2D eigenvalue weighted by Crippen LogP contribution is 2.15. The minimum absolute atomic E-state index is 0.618. The zero-order chi connectivity index (χ0) is 17.4. The number of guanidine groups is 1. The number of hydrogen-bond acceptors (Lipinski definition) is 4. The highest BCUT2D eigenvalue weighted by atomic mass is 32.1. The largest absolute Gasteiger partial charge is 0.362 e. The molecule has 5 nitrogen and oxygen atoms in total. The van der Waals surface area contributed by atoms with Gasteiger partial charge in [-0.05, 0) is 30.9 Å². The molecule has 0 aromatic carbocycles. The van der Waals surface area contributed by atoms with Crippen LogP contribution in [0.25, 0.3) is 0 Å². The average molecular weight is 346 g/mol. The molecule has 0 saturated heterocycles. The first kappa shape index (κ1) is 18.3. The molecule has 1 N–H and O–H groups in total. The molecule has 2 heterocycles. The molecule has 6 heteroatoms. The van der Waals surface area contributed by atoms with Gasteiger partial charge in [-0.3, -0.25) is 0 Å². The van der Waals surface area contributed by atoms with Crippen molar-refractivity contribution in [2.45, 2.75) is 19.9 Å². The van der Waals surface area contributed by atoms with E-state index in [1.165, 1.54) is 4.88 Å². The van der Waals surface area contributed by atoms with E-state index in [1.807, 2.05) is 31.3 Å². The van der Waals surface area contributed by atoms with E-state index in [-0.39, 0.29) is 0 Å². The Hall–Kier alpha value is -2.08. The lowest BCUT2D eigenvalue weighted by atomic mass is 10.2.